The summed E-state index contributed by atoms with van der Waals surface area (Å²) in [6, 6.07) is 7.37. The van der Waals surface area contributed by atoms with Crippen molar-refractivity contribution in [1.82, 2.24) is 30.0 Å². The molecule has 3 fully saturated rings. The number of alkyl halides is 2. The number of halogens is 2. The number of methoxy groups -OCH3 is 1. The van der Waals surface area contributed by atoms with Crippen molar-refractivity contribution >= 4 is 17.9 Å². The SMILES string of the molecule is COc1cccc(CN2C(=O)N(c3ncc(-c4cn[nH]c4)c(C)n3)CC23CCN(C(=O)C2CC(F)(F)C2)CC3)c1. The molecule has 6 rings (SSSR count). The van der Waals surface area contributed by atoms with Crippen molar-refractivity contribution in [3.63, 3.8) is 0 Å². The zero-order chi connectivity index (χ0) is 28.1. The lowest BCUT2D eigenvalue weighted by molar-refractivity contribution is -0.161. The van der Waals surface area contributed by atoms with Gasteiger partial charge in [-0.15, -0.1) is 0 Å². The molecule has 2 aromatic heterocycles. The summed E-state index contributed by atoms with van der Waals surface area (Å²) in [6.07, 6.45) is 5.44. The number of hydrogen-bond donors (Lipinski definition) is 1. The predicted molar refractivity (Wildman–Crippen MR) is 142 cm³/mol. The molecule has 0 atom stereocenters. The molecule has 0 radical (unpaired) electrons. The molecule has 40 heavy (non-hydrogen) atoms. The van der Waals surface area contributed by atoms with E-state index in [0.717, 1.165) is 22.4 Å². The van der Waals surface area contributed by atoms with Crippen LogP contribution in [0.5, 0.6) is 5.75 Å². The van der Waals surface area contributed by atoms with E-state index in [-0.39, 0.29) is 24.8 Å². The molecular weight excluding hydrogens is 520 g/mol. The van der Waals surface area contributed by atoms with Crippen LogP contribution in [0.2, 0.25) is 0 Å². The summed E-state index contributed by atoms with van der Waals surface area (Å²) in [5, 5.41) is 6.78. The van der Waals surface area contributed by atoms with Gasteiger partial charge >= 0.3 is 6.03 Å². The average Bonchev–Trinajstić information content (AvgIpc) is 3.55. The van der Waals surface area contributed by atoms with Gasteiger partial charge in [-0.1, -0.05) is 12.1 Å². The number of urea groups is 1. The highest BCUT2D eigenvalue weighted by Crippen LogP contribution is 2.45. The van der Waals surface area contributed by atoms with Crippen LogP contribution in [0, 0.1) is 12.8 Å². The molecular formula is C28H31F2N7O3. The maximum Gasteiger partial charge on any atom is 0.327 e. The first-order chi connectivity index (χ1) is 19.2. The van der Waals surface area contributed by atoms with Gasteiger partial charge in [-0.2, -0.15) is 5.10 Å². The van der Waals surface area contributed by atoms with Crippen LogP contribution in [0.3, 0.4) is 0 Å². The van der Waals surface area contributed by atoms with Gasteiger partial charge in [0.2, 0.25) is 17.8 Å². The lowest BCUT2D eigenvalue weighted by atomic mass is 9.79. The number of anilines is 1. The summed E-state index contributed by atoms with van der Waals surface area (Å²) >= 11 is 0. The van der Waals surface area contributed by atoms with E-state index in [0.29, 0.717) is 50.7 Å². The number of rotatable bonds is 6. The number of nitrogens with zero attached hydrogens (tertiary/aromatic N) is 6. The number of benzene rings is 1. The van der Waals surface area contributed by atoms with Gasteiger partial charge < -0.3 is 14.5 Å². The number of aryl methyl sites for hydroxylation is 1. The molecule has 2 saturated heterocycles. The number of carbonyl (C=O) groups is 2. The highest BCUT2D eigenvalue weighted by molar-refractivity contribution is 5.94. The molecule has 210 valence electrons. The zero-order valence-electron chi connectivity index (χ0n) is 22.4. The first-order valence-electron chi connectivity index (χ1n) is 13.4. The Morgan fingerprint density at radius 1 is 1.20 bits per heavy atom. The number of carbonyl (C=O) groups excluding carboxylic acids is 2. The molecule has 1 spiro atoms. The van der Waals surface area contributed by atoms with E-state index in [1.807, 2.05) is 36.1 Å². The third kappa shape index (κ3) is 4.65. The van der Waals surface area contributed by atoms with E-state index >= 15 is 0 Å². The number of likely N-dealkylation sites (tertiary alicyclic amines) is 1. The van der Waals surface area contributed by atoms with Crippen LogP contribution in [0.25, 0.3) is 11.1 Å². The number of piperidine rings is 1. The molecule has 1 aromatic carbocycles. The Bertz CT molecular complexity index is 1420. The van der Waals surface area contributed by atoms with Gasteiger partial charge in [0, 0.05) is 61.9 Å². The Hall–Kier alpha value is -4.09. The summed E-state index contributed by atoms with van der Waals surface area (Å²) in [4.78, 5) is 41.2. The summed E-state index contributed by atoms with van der Waals surface area (Å²) in [5.74, 6) is -2.56. The molecule has 3 aromatic rings. The first kappa shape index (κ1) is 26.1. The Kier molecular flexibility index (Phi) is 6.42. The number of aromatic nitrogens is 4. The van der Waals surface area contributed by atoms with Crippen molar-refractivity contribution in [3.8, 4) is 16.9 Å². The van der Waals surface area contributed by atoms with Crippen LogP contribution >= 0.6 is 0 Å². The molecule has 4 heterocycles. The Morgan fingerprint density at radius 2 is 1.98 bits per heavy atom. The number of nitrogens with one attached hydrogen (secondary N) is 1. The second-order valence-corrected chi connectivity index (χ2v) is 11.0. The van der Waals surface area contributed by atoms with E-state index in [1.54, 1.807) is 35.5 Å². The van der Waals surface area contributed by atoms with Crippen molar-refractivity contribution in [2.45, 2.75) is 50.6 Å². The minimum absolute atomic E-state index is 0.211. The lowest BCUT2D eigenvalue weighted by Gasteiger charge is -2.45. The number of ether oxygens (including phenoxy) is 1. The number of aromatic amines is 1. The molecule has 1 aliphatic carbocycles. The standard InChI is InChI=1S/C28H31F2N7O3/c1-18-23(21-13-32-33-14-21)15-31-25(34-18)36-17-27(37(26(36)39)16-19-4-3-5-22(10-19)40-2)6-8-35(9-7-27)24(38)20-11-28(29,30)12-20/h3-5,10,13-15,20H,6-9,11-12,16-17H2,1-2H3,(H,32,33). The monoisotopic (exact) mass is 551 g/mol. The quantitative estimate of drug-likeness (QED) is 0.496. The molecule has 0 unspecified atom stereocenters. The van der Waals surface area contributed by atoms with Crippen LogP contribution in [0.15, 0.2) is 42.9 Å². The number of hydrogen-bond acceptors (Lipinski definition) is 6. The largest absolute Gasteiger partial charge is 0.497 e. The molecule has 1 saturated carbocycles. The van der Waals surface area contributed by atoms with Crippen molar-refractivity contribution in [2.75, 3.05) is 31.6 Å². The summed E-state index contributed by atoms with van der Waals surface area (Å²) in [7, 11) is 1.60. The maximum atomic E-state index is 14.0. The minimum Gasteiger partial charge on any atom is -0.497 e. The van der Waals surface area contributed by atoms with Gasteiger partial charge in [-0.3, -0.25) is 14.8 Å². The minimum atomic E-state index is -2.74. The van der Waals surface area contributed by atoms with Crippen molar-refractivity contribution in [3.05, 3.63) is 54.1 Å². The fourth-order valence-corrected chi connectivity index (χ4v) is 6.07. The second kappa shape index (κ2) is 9.83. The van der Waals surface area contributed by atoms with E-state index in [4.69, 9.17) is 4.74 Å². The van der Waals surface area contributed by atoms with Crippen molar-refractivity contribution in [1.29, 1.82) is 0 Å². The van der Waals surface area contributed by atoms with Gasteiger partial charge in [0.15, 0.2) is 0 Å². The molecule has 0 bridgehead atoms. The summed E-state index contributed by atoms with van der Waals surface area (Å²) < 4.78 is 32.2. The van der Waals surface area contributed by atoms with Gasteiger partial charge in [0.05, 0.1) is 31.1 Å². The molecule has 2 aliphatic heterocycles. The Labute approximate surface area is 230 Å². The van der Waals surface area contributed by atoms with E-state index in [1.165, 1.54) is 0 Å². The van der Waals surface area contributed by atoms with Crippen LogP contribution in [0.4, 0.5) is 19.5 Å². The second-order valence-electron chi connectivity index (χ2n) is 11.0. The highest BCUT2D eigenvalue weighted by atomic mass is 19.3. The van der Waals surface area contributed by atoms with Gasteiger partial charge in [0.25, 0.3) is 0 Å². The van der Waals surface area contributed by atoms with Crippen molar-refractivity contribution in [2.24, 2.45) is 5.92 Å². The summed E-state index contributed by atoms with van der Waals surface area (Å²) in [6.45, 7) is 3.38. The first-order valence-corrected chi connectivity index (χ1v) is 13.4. The molecule has 3 amide bonds. The van der Waals surface area contributed by atoms with Crippen LogP contribution in [-0.4, -0.2) is 80.1 Å². The normalized spacial score (nSPS) is 20.2. The van der Waals surface area contributed by atoms with E-state index in [9.17, 15) is 18.4 Å². The van der Waals surface area contributed by atoms with Crippen LogP contribution in [0.1, 0.15) is 36.9 Å². The molecule has 3 aliphatic rings. The van der Waals surface area contributed by atoms with Crippen molar-refractivity contribution < 1.29 is 23.1 Å². The van der Waals surface area contributed by atoms with Gasteiger partial charge in [-0.05, 0) is 37.5 Å². The molecule has 1 N–H and O–H groups in total. The third-order valence-corrected chi connectivity index (χ3v) is 8.42. The number of amides is 3. The van der Waals surface area contributed by atoms with Gasteiger partial charge in [0.1, 0.15) is 5.75 Å². The Balaban J connectivity index is 1.26. The summed E-state index contributed by atoms with van der Waals surface area (Å²) in [5.41, 5.74) is 2.74. The predicted octanol–water partition coefficient (Wildman–Crippen LogP) is 4.03. The maximum absolute atomic E-state index is 14.0. The molecule has 10 nitrogen and oxygen atoms in total. The number of H-pyrrole nitrogens is 1. The highest BCUT2D eigenvalue weighted by Gasteiger charge is 2.54. The molecule has 12 heteroatoms. The zero-order valence-corrected chi connectivity index (χ0v) is 22.4. The fraction of sp³-hybridized carbons (Fsp3) is 0.464. The third-order valence-electron chi connectivity index (χ3n) is 8.42. The van der Waals surface area contributed by atoms with Crippen LogP contribution < -0.4 is 9.64 Å². The van der Waals surface area contributed by atoms with E-state index in [2.05, 4.69) is 20.2 Å². The van der Waals surface area contributed by atoms with E-state index < -0.39 is 17.4 Å². The Morgan fingerprint density at radius 3 is 2.62 bits per heavy atom. The topological polar surface area (TPSA) is 108 Å². The van der Waals surface area contributed by atoms with Crippen LogP contribution in [-0.2, 0) is 11.3 Å². The lowest BCUT2D eigenvalue weighted by Crippen LogP contribution is -2.57. The van der Waals surface area contributed by atoms with Gasteiger partial charge in [-0.25, -0.2) is 23.5 Å². The fourth-order valence-electron chi connectivity index (χ4n) is 6.07. The smallest absolute Gasteiger partial charge is 0.327 e. The average molecular weight is 552 g/mol.